The van der Waals surface area contributed by atoms with Gasteiger partial charge in [-0.2, -0.15) is 0 Å². The summed E-state index contributed by atoms with van der Waals surface area (Å²) < 4.78 is 4.84. The zero-order valence-electron chi connectivity index (χ0n) is 10.2. The number of ether oxygens (including phenoxy) is 1. The maximum absolute atomic E-state index is 12.3. The largest absolute Gasteiger partial charge is 0.383 e. The van der Waals surface area contributed by atoms with E-state index in [9.17, 15) is 4.79 Å². The molecule has 1 saturated heterocycles. The Kier molecular flexibility index (Phi) is 5.61. The highest BCUT2D eigenvalue weighted by molar-refractivity contribution is 9.09. The van der Waals surface area contributed by atoms with E-state index in [1.54, 1.807) is 18.9 Å². The molecule has 1 aliphatic rings. The van der Waals surface area contributed by atoms with Crippen LogP contribution < -0.4 is 0 Å². The number of thioether (sulfide) groups is 1. The lowest BCUT2D eigenvalue weighted by Crippen LogP contribution is -2.44. The fourth-order valence-corrected chi connectivity index (χ4v) is 3.97. The van der Waals surface area contributed by atoms with Gasteiger partial charge >= 0.3 is 0 Å². The van der Waals surface area contributed by atoms with Crippen molar-refractivity contribution in [3.8, 4) is 0 Å². The second kappa shape index (κ2) is 6.26. The van der Waals surface area contributed by atoms with Crippen LogP contribution >= 0.6 is 27.7 Å². The van der Waals surface area contributed by atoms with Gasteiger partial charge in [0.1, 0.15) is 0 Å². The van der Waals surface area contributed by atoms with E-state index in [1.807, 2.05) is 11.9 Å². The van der Waals surface area contributed by atoms with Crippen molar-refractivity contribution in [3.63, 3.8) is 0 Å². The lowest BCUT2D eigenvalue weighted by Gasteiger charge is -2.29. The summed E-state index contributed by atoms with van der Waals surface area (Å²) in [6.07, 6.45) is 2.15. The van der Waals surface area contributed by atoms with Crippen LogP contribution in [0.3, 0.4) is 0 Å². The molecule has 0 aromatic carbocycles. The van der Waals surface area contributed by atoms with E-state index in [4.69, 9.17) is 4.74 Å². The van der Waals surface area contributed by atoms with Crippen LogP contribution in [0.5, 0.6) is 0 Å². The molecule has 3 nitrogen and oxygen atoms in total. The number of nitrogens with zero attached hydrogens (tertiary/aromatic N) is 1. The maximum Gasteiger partial charge on any atom is 0.238 e. The molecule has 0 aliphatic carbocycles. The molecule has 5 heteroatoms. The predicted octanol–water partition coefficient (Wildman–Crippen LogP) is 2.14. The minimum Gasteiger partial charge on any atom is -0.383 e. The SMILES string of the molecule is COCC(Br)CN(C)C(=O)C1(C)CCCS1. The van der Waals surface area contributed by atoms with Crippen LogP contribution in [0.2, 0.25) is 0 Å². The van der Waals surface area contributed by atoms with Crippen molar-refractivity contribution in [2.24, 2.45) is 0 Å². The zero-order chi connectivity index (χ0) is 12.2. The van der Waals surface area contributed by atoms with Crippen LogP contribution in [-0.4, -0.2) is 53.4 Å². The number of amides is 1. The van der Waals surface area contributed by atoms with Crippen molar-refractivity contribution >= 4 is 33.6 Å². The minimum atomic E-state index is -0.200. The summed E-state index contributed by atoms with van der Waals surface area (Å²) in [5.41, 5.74) is 0. The van der Waals surface area contributed by atoms with Gasteiger partial charge in [-0.15, -0.1) is 11.8 Å². The minimum absolute atomic E-state index is 0.200. The maximum atomic E-state index is 12.3. The van der Waals surface area contributed by atoms with Gasteiger partial charge in [0.15, 0.2) is 0 Å². The third-order valence-corrected chi connectivity index (χ3v) is 4.90. The average Bonchev–Trinajstić information content (AvgIpc) is 2.65. The van der Waals surface area contributed by atoms with Gasteiger partial charge in [0.25, 0.3) is 0 Å². The smallest absolute Gasteiger partial charge is 0.238 e. The Labute approximate surface area is 110 Å². The standard InChI is InChI=1S/C11H20BrNO2S/c1-11(5-4-6-16-11)10(14)13(2)7-9(12)8-15-3/h9H,4-8H2,1-3H3. The van der Waals surface area contributed by atoms with E-state index in [-0.39, 0.29) is 15.5 Å². The summed E-state index contributed by atoms with van der Waals surface area (Å²) in [4.78, 5) is 14.3. The third-order valence-electron chi connectivity index (χ3n) is 2.84. The highest BCUT2D eigenvalue weighted by Gasteiger charge is 2.39. The van der Waals surface area contributed by atoms with E-state index < -0.39 is 0 Å². The fraction of sp³-hybridized carbons (Fsp3) is 0.909. The fourth-order valence-electron chi connectivity index (χ4n) is 1.97. The van der Waals surface area contributed by atoms with E-state index >= 15 is 0 Å². The van der Waals surface area contributed by atoms with Crippen molar-refractivity contribution in [2.75, 3.05) is 33.1 Å². The molecule has 94 valence electrons. The lowest BCUT2D eigenvalue weighted by molar-refractivity contribution is -0.132. The van der Waals surface area contributed by atoms with Gasteiger partial charge < -0.3 is 9.64 Å². The molecule has 16 heavy (non-hydrogen) atoms. The van der Waals surface area contributed by atoms with E-state index in [0.29, 0.717) is 13.2 Å². The van der Waals surface area contributed by atoms with Crippen molar-refractivity contribution in [2.45, 2.75) is 29.3 Å². The Morgan fingerprint density at radius 1 is 1.69 bits per heavy atom. The van der Waals surface area contributed by atoms with Gasteiger partial charge in [-0.05, 0) is 25.5 Å². The van der Waals surface area contributed by atoms with Crippen LogP contribution in [0.4, 0.5) is 0 Å². The van der Waals surface area contributed by atoms with Crippen LogP contribution in [0.25, 0.3) is 0 Å². The number of halogens is 1. The van der Waals surface area contributed by atoms with Gasteiger partial charge in [-0.1, -0.05) is 15.9 Å². The topological polar surface area (TPSA) is 29.5 Å². The number of methoxy groups -OCH3 is 1. The van der Waals surface area contributed by atoms with Gasteiger partial charge in [0, 0.05) is 20.7 Å². The molecule has 0 N–H and O–H groups in total. The first-order chi connectivity index (χ1) is 7.49. The molecule has 1 heterocycles. The quantitative estimate of drug-likeness (QED) is 0.729. The third kappa shape index (κ3) is 3.64. The number of alkyl halides is 1. The molecule has 2 atom stereocenters. The summed E-state index contributed by atoms with van der Waals surface area (Å²) in [6.45, 7) is 3.38. The van der Waals surface area contributed by atoms with Crippen LogP contribution in [-0.2, 0) is 9.53 Å². The van der Waals surface area contributed by atoms with E-state index in [0.717, 1.165) is 18.6 Å². The molecule has 0 radical (unpaired) electrons. The molecule has 0 bridgehead atoms. The van der Waals surface area contributed by atoms with Crippen LogP contribution in [0, 0.1) is 0 Å². The Balaban J connectivity index is 2.46. The summed E-state index contributed by atoms with van der Waals surface area (Å²) >= 11 is 5.29. The Morgan fingerprint density at radius 3 is 2.88 bits per heavy atom. The molecule has 1 fully saturated rings. The molecule has 0 aromatic rings. The Hall–Kier alpha value is 0.260. The number of carbonyl (C=O) groups is 1. The Bertz CT molecular complexity index is 244. The van der Waals surface area contributed by atoms with Crippen molar-refractivity contribution in [1.82, 2.24) is 4.90 Å². The number of carbonyl (C=O) groups excluding carboxylic acids is 1. The van der Waals surface area contributed by atoms with Gasteiger partial charge in [-0.3, -0.25) is 4.79 Å². The second-order valence-electron chi connectivity index (χ2n) is 4.42. The van der Waals surface area contributed by atoms with Crippen LogP contribution in [0.1, 0.15) is 19.8 Å². The van der Waals surface area contributed by atoms with Gasteiger partial charge in [-0.25, -0.2) is 0 Å². The summed E-state index contributed by atoms with van der Waals surface area (Å²) in [5.74, 6) is 1.35. The summed E-state index contributed by atoms with van der Waals surface area (Å²) in [6, 6.07) is 0. The van der Waals surface area contributed by atoms with Crippen LogP contribution in [0.15, 0.2) is 0 Å². The van der Waals surface area contributed by atoms with E-state index in [2.05, 4.69) is 22.9 Å². The first-order valence-corrected chi connectivity index (χ1v) is 7.42. The monoisotopic (exact) mass is 309 g/mol. The van der Waals surface area contributed by atoms with Crippen molar-refractivity contribution in [3.05, 3.63) is 0 Å². The number of rotatable bonds is 5. The van der Waals surface area contributed by atoms with E-state index in [1.165, 1.54) is 0 Å². The highest BCUT2D eigenvalue weighted by Crippen LogP contribution is 2.39. The normalized spacial score (nSPS) is 26.8. The molecular weight excluding hydrogens is 290 g/mol. The molecule has 2 unspecified atom stereocenters. The lowest BCUT2D eigenvalue weighted by atomic mass is 10.0. The molecule has 0 spiro atoms. The Morgan fingerprint density at radius 2 is 2.38 bits per heavy atom. The molecule has 0 aromatic heterocycles. The molecule has 1 amide bonds. The first kappa shape index (κ1) is 14.3. The predicted molar refractivity (Wildman–Crippen MR) is 72.3 cm³/mol. The molecule has 1 rings (SSSR count). The van der Waals surface area contributed by atoms with Gasteiger partial charge in [0.2, 0.25) is 5.91 Å². The zero-order valence-corrected chi connectivity index (χ0v) is 12.6. The molecule has 0 saturated carbocycles. The van der Waals surface area contributed by atoms with Gasteiger partial charge in [0.05, 0.1) is 16.2 Å². The molecular formula is C11H20BrNO2S. The van der Waals surface area contributed by atoms with Crippen molar-refractivity contribution < 1.29 is 9.53 Å². The second-order valence-corrected chi connectivity index (χ2v) is 7.31. The summed E-state index contributed by atoms with van der Waals surface area (Å²) in [7, 11) is 3.54. The number of hydrogen-bond acceptors (Lipinski definition) is 3. The van der Waals surface area contributed by atoms with Crippen molar-refractivity contribution in [1.29, 1.82) is 0 Å². The summed E-state index contributed by atoms with van der Waals surface area (Å²) in [5, 5.41) is 0. The number of hydrogen-bond donors (Lipinski definition) is 0. The first-order valence-electron chi connectivity index (χ1n) is 5.52. The molecule has 1 aliphatic heterocycles. The average molecular weight is 310 g/mol. The highest BCUT2D eigenvalue weighted by atomic mass is 79.9.